The van der Waals surface area contributed by atoms with Gasteiger partial charge in [0, 0.05) is 31.1 Å². The minimum Gasteiger partial charge on any atom is -0.371 e. The molecule has 1 fully saturated rings. The van der Waals surface area contributed by atoms with Crippen molar-refractivity contribution in [3.8, 4) is 0 Å². The van der Waals surface area contributed by atoms with E-state index in [1.54, 1.807) is 0 Å². The third-order valence-corrected chi connectivity index (χ3v) is 4.53. The Morgan fingerprint density at radius 1 is 1.11 bits per heavy atom. The number of piperidine rings is 1. The Kier molecular flexibility index (Phi) is 2.61. The van der Waals surface area contributed by atoms with Crippen molar-refractivity contribution >= 4 is 11.6 Å². The second kappa shape index (κ2) is 3.94. The zero-order valence-corrected chi connectivity index (χ0v) is 11.3. The predicted molar refractivity (Wildman–Crippen MR) is 69.0 cm³/mol. The monoisotopic (exact) mass is 247 g/mol. The number of carbonyl (C=O) groups excluding carboxylic acids is 2. The van der Waals surface area contributed by atoms with Crippen molar-refractivity contribution < 1.29 is 9.59 Å². The van der Waals surface area contributed by atoms with Gasteiger partial charge in [-0.1, -0.05) is 13.8 Å². The van der Waals surface area contributed by atoms with Gasteiger partial charge >= 0.3 is 0 Å². The summed E-state index contributed by atoms with van der Waals surface area (Å²) in [6.45, 7) is 5.29. The van der Waals surface area contributed by atoms with Crippen LogP contribution in [0.15, 0.2) is 11.3 Å². The minimum absolute atomic E-state index is 0.00946. The van der Waals surface area contributed by atoms with Crippen molar-refractivity contribution in [2.24, 2.45) is 5.41 Å². The van der Waals surface area contributed by atoms with E-state index in [0.29, 0.717) is 24.5 Å². The molecule has 0 spiro atoms. The van der Waals surface area contributed by atoms with Crippen LogP contribution in [0.4, 0.5) is 0 Å². The maximum absolute atomic E-state index is 12.2. The second-order valence-electron chi connectivity index (χ2n) is 6.73. The average Bonchev–Trinajstić information content (AvgIpc) is 2.26. The molecule has 0 aromatic heterocycles. The molecule has 3 rings (SSSR count). The van der Waals surface area contributed by atoms with Gasteiger partial charge in [0.15, 0.2) is 11.6 Å². The molecule has 0 radical (unpaired) electrons. The molecule has 0 aromatic carbocycles. The molecule has 0 unspecified atom stereocenters. The first-order valence-corrected chi connectivity index (χ1v) is 7.04. The highest BCUT2D eigenvalue weighted by Gasteiger charge is 2.43. The zero-order chi connectivity index (χ0) is 12.9. The van der Waals surface area contributed by atoms with Crippen LogP contribution >= 0.6 is 0 Å². The Hall–Kier alpha value is -1.12. The third kappa shape index (κ3) is 1.80. The summed E-state index contributed by atoms with van der Waals surface area (Å²) in [4.78, 5) is 26.8. The number of fused-ring (bicyclic) bond motifs is 2. The summed E-state index contributed by atoms with van der Waals surface area (Å²) in [5.74, 6) is 0.184. The maximum Gasteiger partial charge on any atom is 0.170 e. The minimum atomic E-state index is 0.00946. The zero-order valence-electron chi connectivity index (χ0n) is 11.3. The van der Waals surface area contributed by atoms with Gasteiger partial charge in [0.05, 0.1) is 5.57 Å². The third-order valence-electron chi connectivity index (χ3n) is 4.53. The lowest BCUT2D eigenvalue weighted by Gasteiger charge is -2.46. The van der Waals surface area contributed by atoms with Crippen molar-refractivity contribution in [1.29, 1.82) is 0 Å². The van der Waals surface area contributed by atoms with Gasteiger partial charge in [-0.05, 0) is 31.1 Å². The summed E-state index contributed by atoms with van der Waals surface area (Å²) in [5.41, 5.74) is 1.62. The molecule has 1 aliphatic carbocycles. The standard InChI is InChI=1S/C15H21NO2/c1-15(2)8-11-14(13(18)9-15)12(17)7-10-5-3-4-6-16(10)11/h10H,3-9H2,1-2H3/t10-/m1/s1. The summed E-state index contributed by atoms with van der Waals surface area (Å²) in [6.07, 6.45) is 5.49. The van der Waals surface area contributed by atoms with Gasteiger partial charge in [-0.15, -0.1) is 0 Å². The van der Waals surface area contributed by atoms with Gasteiger partial charge in [0.1, 0.15) is 0 Å². The molecule has 3 heteroatoms. The molecule has 1 saturated heterocycles. The number of carbonyl (C=O) groups is 2. The Morgan fingerprint density at radius 3 is 2.67 bits per heavy atom. The first kappa shape index (κ1) is 11.9. The molecule has 3 aliphatic rings. The van der Waals surface area contributed by atoms with Crippen LogP contribution < -0.4 is 0 Å². The molecular formula is C15H21NO2. The lowest BCUT2D eigenvalue weighted by atomic mass is 9.71. The van der Waals surface area contributed by atoms with Gasteiger partial charge in [0.2, 0.25) is 0 Å². The van der Waals surface area contributed by atoms with Crippen LogP contribution in [0.3, 0.4) is 0 Å². The molecule has 1 atom stereocenters. The number of rotatable bonds is 0. The molecule has 18 heavy (non-hydrogen) atoms. The molecule has 0 amide bonds. The summed E-state index contributed by atoms with van der Waals surface area (Å²) >= 11 is 0. The summed E-state index contributed by atoms with van der Waals surface area (Å²) < 4.78 is 0. The number of ketones is 2. The summed E-state index contributed by atoms with van der Waals surface area (Å²) in [7, 11) is 0. The average molecular weight is 247 g/mol. The van der Waals surface area contributed by atoms with Gasteiger partial charge in [-0.2, -0.15) is 0 Å². The van der Waals surface area contributed by atoms with Gasteiger partial charge in [0.25, 0.3) is 0 Å². The highest BCUT2D eigenvalue weighted by atomic mass is 16.1. The van der Waals surface area contributed by atoms with Crippen molar-refractivity contribution in [1.82, 2.24) is 4.90 Å². The fraction of sp³-hybridized carbons (Fsp3) is 0.733. The van der Waals surface area contributed by atoms with Crippen LogP contribution in [0.1, 0.15) is 52.4 Å². The fourth-order valence-corrected chi connectivity index (χ4v) is 3.73. The first-order valence-electron chi connectivity index (χ1n) is 7.04. The van der Waals surface area contributed by atoms with Crippen molar-refractivity contribution in [2.75, 3.05) is 6.54 Å². The van der Waals surface area contributed by atoms with Crippen LogP contribution in [0.5, 0.6) is 0 Å². The molecule has 0 aromatic rings. The number of allylic oxidation sites excluding steroid dienone is 2. The molecule has 2 heterocycles. The molecule has 0 N–H and O–H groups in total. The van der Waals surface area contributed by atoms with Gasteiger partial charge in [-0.3, -0.25) is 9.59 Å². The fourth-order valence-electron chi connectivity index (χ4n) is 3.73. The lowest BCUT2D eigenvalue weighted by molar-refractivity contribution is -0.125. The predicted octanol–water partition coefficient (Wildman–Crippen LogP) is 2.46. The number of hydrogen-bond donors (Lipinski definition) is 0. The van der Waals surface area contributed by atoms with E-state index in [4.69, 9.17) is 0 Å². The van der Waals surface area contributed by atoms with E-state index in [0.717, 1.165) is 25.1 Å². The Balaban J connectivity index is 2.04. The molecular weight excluding hydrogens is 226 g/mol. The van der Waals surface area contributed by atoms with E-state index in [9.17, 15) is 9.59 Å². The Bertz CT molecular complexity index is 447. The molecule has 98 valence electrons. The van der Waals surface area contributed by atoms with Crippen LogP contribution in [-0.2, 0) is 9.59 Å². The van der Waals surface area contributed by atoms with Crippen LogP contribution in [0.25, 0.3) is 0 Å². The Labute approximate surface area is 108 Å². The van der Waals surface area contributed by atoms with Crippen LogP contribution in [-0.4, -0.2) is 29.1 Å². The Morgan fingerprint density at radius 2 is 1.89 bits per heavy atom. The van der Waals surface area contributed by atoms with E-state index in [-0.39, 0.29) is 17.0 Å². The summed E-state index contributed by atoms with van der Waals surface area (Å²) in [5, 5.41) is 0. The maximum atomic E-state index is 12.2. The summed E-state index contributed by atoms with van der Waals surface area (Å²) in [6, 6.07) is 0.367. The molecule has 3 nitrogen and oxygen atoms in total. The van der Waals surface area contributed by atoms with E-state index in [2.05, 4.69) is 18.7 Å². The van der Waals surface area contributed by atoms with Crippen molar-refractivity contribution in [2.45, 2.75) is 58.4 Å². The highest BCUT2D eigenvalue weighted by molar-refractivity contribution is 6.22. The van der Waals surface area contributed by atoms with Gasteiger partial charge < -0.3 is 4.90 Å². The van der Waals surface area contributed by atoms with E-state index >= 15 is 0 Å². The molecule has 2 aliphatic heterocycles. The smallest absolute Gasteiger partial charge is 0.170 e. The number of nitrogens with zero attached hydrogens (tertiary/aromatic N) is 1. The second-order valence-corrected chi connectivity index (χ2v) is 6.73. The van der Waals surface area contributed by atoms with E-state index in [1.165, 1.54) is 12.8 Å². The van der Waals surface area contributed by atoms with Crippen LogP contribution in [0.2, 0.25) is 0 Å². The quantitative estimate of drug-likeness (QED) is 0.617. The first-order chi connectivity index (χ1) is 8.48. The SMILES string of the molecule is CC1(C)CC(=O)C2=C(C1)N1CCCC[C@@H]1CC2=O. The van der Waals surface area contributed by atoms with Crippen molar-refractivity contribution in [3.05, 3.63) is 11.3 Å². The molecule has 0 saturated carbocycles. The topological polar surface area (TPSA) is 37.4 Å². The van der Waals surface area contributed by atoms with Crippen LogP contribution in [0, 0.1) is 5.41 Å². The van der Waals surface area contributed by atoms with E-state index < -0.39 is 0 Å². The largest absolute Gasteiger partial charge is 0.371 e. The highest BCUT2D eigenvalue weighted by Crippen LogP contribution is 2.43. The molecule has 0 bridgehead atoms. The lowest BCUT2D eigenvalue weighted by Crippen LogP contribution is -2.48. The van der Waals surface area contributed by atoms with Crippen molar-refractivity contribution in [3.63, 3.8) is 0 Å². The normalized spacial score (nSPS) is 31.2. The number of hydrogen-bond acceptors (Lipinski definition) is 3. The number of Topliss-reactive ketones (excluding diaryl/α,β-unsaturated/α-hetero) is 2. The van der Waals surface area contributed by atoms with Gasteiger partial charge in [-0.25, -0.2) is 0 Å². The van der Waals surface area contributed by atoms with E-state index in [1.807, 2.05) is 0 Å².